The zero-order chi connectivity index (χ0) is 42.2. The van der Waals surface area contributed by atoms with Crippen molar-refractivity contribution in [2.45, 2.75) is 43.2 Å². The Bertz CT molecular complexity index is 2620. The number of fused-ring (bicyclic) bond motifs is 4. The van der Waals surface area contributed by atoms with Crippen molar-refractivity contribution in [2.24, 2.45) is 0 Å². The zero-order valence-electron chi connectivity index (χ0n) is 31.4. The number of alkyl halides is 1. The number of benzene rings is 5. The van der Waals surface area contributed by atoms with Crippen LogP contribution in [-0.4, -0.2) is 92.4 Å². The molecule has 6 aromatic rings. The fraction of sp³-hybridized carbons (Fsp3) is 0.209. The summed E-state index contributed by atoms with van der Waals surface area (Å²) in [6.07, 6.45) is -9.78. The van der Waals surface area contributed by atoms with Crippen LogP contribution in [0.3, 0.4) is 0 Å². The molecule has 2 aliphatic heterocycles. The minimum absolute atomic E-state index is 0.0603. The smallest absolute Gasteiger partial charge is 0.411 e. The van der Waals surface area contributed by atoms with Gasteiger partial charge < -0.3 is 55.6 Å². The summed E-state index contributed by atoms with van der Waals surface area (Å²) in [6.45, 7) is 0.278. The Morgan fingerprint density at radius 1 is 0.850 bits per heavy atom. The Balaban J connectivity index is 0.980. The van der Waals surface area contributed by atoms with E-state index >= 15 is 0 Å². The van der Waals surface area contributed by atoms with E-state index in [-0.39, 0.29) is 36.4 Å². The van der Waals surface area contributed by atoms with Gasteiger partial charge in [0.2, 0.25) is 6.29 Å². The number of hydrogen-bond donors (Lipinski definition) is 8. The molecule has 0 bridgehead atoms. The number of carboxylic acids is 1. The van der Waals surface area contributed by atoms with E-state index in [0.29, 0.717) is 50.0 Å². The number of rotatable bonds is 10. The second-order valence-corrected chi connectivity index (χ2v) is 14.7. The largest absolute Gasteiger partial charge is 0.479 e. The van der Waals surface area contributed by atoms with E-state index in [1.807, 2.05) is 6.07 Å². The van der Waals surface area contributed by atoms with Gasteiger partial charge in [-0.25, -0.2) is 9.59 Å². The Kier molecular flexibility index (Phi) is 11.0. The minimum atomic E-state index is -1.90. The quantitative estimate of drug-likeness (QED) is 0.0659. The number of aromatic nitrogens is 1. The Hall–Kier alpha value is -6.69. The summed E-state index contributed by atoms with van der Waals surface area (Å²) < 4.78 is 16.7. The first-order chi connectivity index (χ1) is 28.9. The second-order valence-electron chi connectivity index (χ2n) is 14.4. The molecule has 16 nitrogen and oxygen atoms in total. The number of amides is 3. The number of aliphatic carboxylic acids is 1. The molecule has 0 radical (unpaired) electrons. The number of aliphatic hydroxyl groups excluding tert-OH is 3. The van der Waals surface area contributed by atoms with E-state index in [1.54, 1.807) is 102 Å². The van der Waals surface area contributed by atoms with Crippen LogP contribution in [0.5, 0.6) is 5.75 Å². The number of nitrogens with one attached hydrogen (secondary N) is 3. The van der Waals surface area contributed by atoms with Gasteiger partial charge in [0.1, 0.15) is 36.4 Å². The first-order valence-electron chi connectivity index (χ1n) is 18.7. The van der Waals surface area contributed by atoms with Gasteiger partial charge in [0.05, 0.1) is 5.69 Å². The van der Waals surface area contributed by atoms with E-state index < -0.39 is 54.6 Å². The number of aliphatic hydroxyl groups is 3. The second kappa shape index (κ2) is 16.5. The maximum absolute atomic E-state index is 14.3. The first kappa shape index (κ1) is 40.1. The van der Waals surface area contributed by atoms with E-state index in [9.17, 15) is 39.6 Å². The van der Waals surface area contributed by atoms with Crippen molar-refractivity contribution in [3.63, 3.8) is 0 Å². The van der Waals surface area contributed by atoms with Gasteiger partial charge in [-0.15, -0.1) is 11.6 Å². The van der Waals surface area contributed by atoms with Crippen LogP contribution in [-0.2, 0) is 20.9 Å². The summed E-state index contributed by atoms with van der Waals surface area (Å²) in [5.41, 5.74) is 10.4. The van der Waals surface area contributed by atoms with Crippen molar-refractivity contribution in [1.82, 2.24) is 4.98 Å². The lowest BCUT2D eigenvalue weighted by Crippen LogP contribution is -2.61. The number of nitrogens with two attached hydrogens (primary N) is 1. The third-order valence-electron chi connectivity index (χ3n) is 10.5. The summed E-state index contributed by atoms with van der Waals surface area (Å²) in [5.74, 6) is -2.32. The van der Waals surface area contributed by atoms with Gasteiger partial charge in [-0.05, 0) is 77.2 Å². The normalized spacial score (nSPS) is 21.0. The predicted octanol–water partition coefficient (Wildman–Crippen LogP) is 5.16. The molecule has 5 aromatic carbocycles. The van der Waals surface area contributed by atoms with Crippen molar-refractivity contribution in [2.75, 3.05) is 33.7 Å². The molecule has 3 heterocycles. The highest BCUT2D eigenvalue weighted by molar-refractivity contribution is 6.19. The molecule has 9 N–H and O–H groups in total. The van der Waals surface area contributed by atoms with Crippen LogP contribution in [0.1, 0.15) is 37.9 Å². The van der Waals surface area contributed by atoms with Gasteiger partial charge in [0.15, 0.2) is 6.10 Å². The van der Waals surface area contributed by atoms with Crippen molar-refractivity contribution < 1.29 is 53.8 Å². The average Bonchev–Trinajstić information content (AvgIpc) is 3.85. The molecule has 0 saturated carbocycles. The van der Waals surface area contributed by atoms with Crippen LogP contribution in [0, 0.1) is 0 Å². The number of carboxylic acid groups (broad SMARTS) is 1. The van der Waals surface area contributed by atoms with Gasteiger partial charge in [-0.2, -0.15) is 0 Å². The summed E-state index contributed by atoms with van der Waals surface area (Å²) in [5, 5.41) is 48.2. The van der Waals surface area contributed by atoms with E-state index in [4.69, 9.17) is 31.5 Å². The van der Waals surface area contributed by atoms with Crippen molar-refractivity contribution >= 4 is 79.9 Å². The SMILES string of the molecule is Nc1ccc(COC(=O)Nc2ccc(C(=O)Nc3ccc4[nH]c(C(=O)N5C[C@H](CCl)c6c5cc(O[C@@H]5OC(C(=O)O)[C@H](O)C(O)[C@@H]5O)c5ccccc65)cc4c3)cc2)cc1. The number of nitrogen functional groups attached to an aromatic ring is 1. The third kappa shape index (κ3) is 7.89. The molecule has 1 saturated heterocycles. The Morgan fingerprint density at radius 2 is 1.57 bits per heavy atom. The summed E-state index contributed by atoms with van der Waals surface area (Å²) in [7, 11) is 0. The van der Waals surface area contributed by atoms with Crippen LogP contribution in [0.25, 0.3) is 21.7 Å². The molecule has 17 heteroatoms. The number of H-pyrrole nitrogens is 1. The molecule has 2 aliphatic rings. The molecule has 0 spiro atoms. The average molecular weight is 836 g/mol. The number of anilines is 4. The van der Waals surface area contributed by atoms with E-state index in [0.717, 1.165) is 11.1 Å². The number of nitrogens with zero attached hydrogens (tertiary/aromatic N) is 1. The molecule has 308 valence electrons. The van der Waals surface area contributed by atoms with Crippen molar-refractivity contribution in [3.8, 4) is 5.75 Å². The number of ether oxygens (including phenoxy) is 3. The Morgan fingerprint density at radius 3 is 2.28 bits per heavy atom. The number of hydrogen-bond acceptors (Lipinski definition) is 11. The van der Waals surface area contributed by atoms with Crippen LogP contribution >= 0.6 is 11.6 Å². The van der Waals surface area contributed by atoms with Crippen LogP contribution in [0.2, 0.25) is 0 Å². The lowest BCUT2D eigenvalue weighted by molar-refractivity contribution is -0.270. The van der Waals surface area contributed by atoms with Gasteiger partial charge in [0, 0.05) is 63.3 Å². The summed E-state index contributed by atoms with van der Waals surface area (Å²) in [6, 6.07) is 28.7. The summed E-state index contributed by atoms with van der Waals surface area (Å²) in [4.78, 5) is 56.2. The molecule has 0 aliphatic carbocycles. The van der Waals surface area contributed by atoms with E-state index in [1.165, 1.54) is 0 Å². The van der Waals surface area contributed by atoms with Gasteiger partial charge in [-0.3, -0.25) is 14.9 Å². The standard InChI is InChI=1S/C43H38ClN5O11/c44-18-24-19-49(32-17-33(28-3-1-2-4-29(28)34(24)32)59-42-37(52)35(50)36(51)38(60-42)41(55)56)40(54)31-16-23-15-27(13-14-30(23)48-31)46-39(53)22-7-11-26(12-8-22)47-43(57)58-20-21-5-9-25(45)10-6-21/h1-17,24,35-38,42,48,50-52H,18-20,45H2,(H,46,53)(H,47,57)(H,55,56)/t24-,35?,36+,37-,38?,42+/m0/s1. The molecule has 6 atom stereocenters. The van der Waals surface area contributed by atoms with Crippen molar-refractivity contribution in [3.05, 3.63) is 126 Å². The van der Waals surface area contributed by atoms with Crippen LogP contribution in [0.4, 0.5) is 27.5 Å². The zero-order valence-corrected chi connectivity index (χ0v) is 32.2. The number of carbonyl (C=O) groups excluding carboxylic acids is 3. The molecule has 1 fully saturated rings. The molecular weight excluding hydrogens is 798 g/mol. The van der Waals surface area contributed by atoms with Gasteiger partial charge >= 0.3 is 12.1 Å². The molecule has 60 heavy (non-hydrogen) atoms. The molecule has 8 rings (SSSR count). The number of halogens is 1. The van der Waals surface area contributed by atoms with Crippen LogP contribution < -0.4 is 26.0 Å². The topological polar surface area (TPSA) is 246 Å². The first-order valence-corrected chi connectivity index (χ1v) is 19.3. The lowest BCUT2D eigenvalue weighted by atomic mass is 9.95. The minimum Gasteiger partial charge on any atom is -0.479 e. The fourth-order valence-corrected chi connectivity index (χ4v) is 7.65. The number of aromatic amines is 1. The fourth-order valence-electron chi connectivity index (χ4n) is 7.40. The molecule has 3 amide bonds. The van der Waals surface area contributed by atoms with E-state index in [2.05, 4.69) is 15.6 Å². The molecule has 2 unspecified atom stereocenters. The maximum atomic E-state index is 14.3. The van der Waals surface area contributed by atoms with Gasteiger partial charge in [-0.1, -0.05) is 36.4 Å². The Labute approximate surface area is 346 Å². The third-order valence-corrected chi connectivity index (χ3v) is 10.8. The lowest BCUT2D eigenvalue weighted by Gasteiger charge is -2.38. The molecular formula is C43H38ClN5O11. The molecule has 1 aromatic heterocycles. The maximum Gasteiger partial charge on any atom is 0.411 e. The highest BCUT2D eigenvalue weighted by atomic mass is 35.5. The van der Waals surface area contributed by atoms with Crippen LogP contribution in [0.15, 0.2) is 103 Å². The highest BCUT2D eigenvalue weighted by Crippen LogP contribution is 2.46. The monoisotopic (exact) mass is 835 g/mol. The van der Waals surface area contributed by atoms with Crippen molar-refractivity contribution in [1.29, 1.82) is 0 Å². The number of carbonyl (C=O) groups is 4. The highest BCUT2D eigenvalue weighted by Gasteiger charge is 2.48. The summed E-state index contributed by atoms with van der Waals surface area (Å²) >= 11 is 6.48. The van der Waals surface area contributed by atoms with Gasteiger partial charge in [0.25, 0.3) is 11.8 Å². The predicted molar refractivity (Wildman–Crippen MR) is 221 cm³/mol.